The molecule has 0 spiro atoms. The number of aromatic nitrogens is 1. The van der Waals surface area contributed by atoms with Crippen LogP contribution in [0.1, 0.15) is 17.0 Å². The summed E-state index contributed by atoms with van der Waals surface area (Å²) >= 11 is 1.58. The zero-order valence-electron chi connectivity index (χ0n) is 13.9. The lowest BCUT2D eigenvalue weighted by Gasteiger charge is -2.17. The SMILES string of the molecule is O=C1CCc2cc(S(=O)(=O)NCCc3nc4ccccc4s3)ccc2N1. The van der Waals surface area contributed by atoms with E-state index in [9.17, 15) is 13.2 Å². The van der Waals surface area contributed by atoms with Crippen LogP contribution in [0.4, 0.5) is 5.69 Å². The van der Waals surface area contributed by atoms with E-state index >= 15 is 0 Å². The molecule has 2 N–H and O–H groups in total. The molecule has 1 amide bonds. The summed E-state index contributed by atoms with van der Waals surface area (Å²) in [7, 11) is -3.59. The minimum absolute atomic E-state index is 0.0398. The van der Waals surface area contributed by atoms with Crippen LogP contribution >= 0.6 is 11.3 Å². The summed E-state index contributed by atoms with van der Waals surface area (Å²) in [6.45, 7) is 0.288. The zero-order valence-corrected chi connectivity index (χ0v) is 15.5. The molecule has 0 radical (unpaired) electrons. The molecule has 134 valence electrons. The number of carbonyl (C=O) groups excluding carboxylic acids is 1. The number of sulfonamides is 1. The van der Waals surface area contributed by atoms with Gasteiger partial charge < -0.3 is 5.32 Å². The van der Waals surface area contributed by atoms with Gasteiger partial charge in [0.05, 0.1) is 20.1 Å². The molecule has 0 saturated carbocycles. The molecule has 4 rings (SSSR count). The number of hydrogen-bond donors (Lipinski definition) is 2. The van der Waals surface area contributed by atoms with Crippen molar-refractivity contribution in [2.75, 3.05) is 11.9 Å². The maximum absolute atomic E-state index is 12.5. The van der Waals surface area contributed by atoms with E-state index in [1.54, 1.807) is 23.5 Å². The first-order valence-corrected chi connectivity index (χ1v) is 10.6. The molecule has 0 atom stereocenters. The predicted molar refractivity (Wildman–Crippen MR) is 102 cm³/mol. The third-order valence-corrected chi connectivity index (χ3v) is 6.81. The second-order valence-corrected chi connectivity index (χ2v) is 8.97. The van der Waals surface area contributed by atoms with Crippen LogP contribution in [0.2, 0.25) is 0 Å². The Morgan fingerprint density at radius 2 is 2.00 bits per heavy atom. The Bertz CT molecular complexity index is 1060. The summed E-state index contributed by atoms with van der Waals surface area (Å²) in [6, 6.07) is 12.7. The second-order valence-electron chi connectivity index (χ2n) is 6.09. The van der Waals surface area contributed by atoms with E-state index in [4.69, 9.17) is 0 Å². The monoisotopic (exact) mass is 387 g/mol. The van der Waals surface area contributed by atoms with Gasteiger partial charge in [-0.25, -0.2) is 18.1 Å². The maximum atomic E-state index is 12.5. The van der Waals surface area contributed by atoms with Crippen molar-refractivity contribution in [2.45, 2.75) is 24.2 Å². The average molecular weight is 387 g/mol. The van der Waals surface area contributed by atoms with Crippen molar-refractivity contribution in [1.29, 1.82) is 0 Å². The van der Waals surface area contributed by atoms with Crippen molar-refractivity contribution in [3.63, 3.8) is 0 Å². The Kier molecular flexibility index (Phi) is 4.47. The summed E-state index contributed by atoms with van der Waals surface area (Å²) in [6.07, 6.45) is 1.47. The zero-order chi connectivity index (χ0) is 18.1. The largest absolute Gasteiger partial charge is 0.326 e. The van der Waals surface area contributed by atoms with Crippen molar-refractivity contribution in [1.82, 2.24) is 9.71 Å². The lowest BCUT2D eigenvalue weighted by atomic mass is 10.0. The maximum Gasteiger partial charge on any atom is 0.240 e. The fourth-order valence-corrected chi connectivity index (χ4v) is 4.98. The first kappa shape index (κ1) is 17.1. The molecule has 2 aromatic carbocycles. The van der Waals surface area contributed by atoms with Crippen LogP contribution in [0, 0.1) is 0 Å². The van der Waals surface area contributed by atoms with E-state index in [-0.39, 0.29) is 17.3 Å². The van der Waals surface area contributed by atoms with Crippen LogP contribution in [-0.2, 0) is 27.7 Å². The highest BCUT2D eigenvalue weighted by Gasteiger charge is 2.19. The number of amides is 1. The summed E-state index contributed by atoms with van der Waals surface area (Å²) < 4.78 is 28.8. The van der Waals surface area contributed by atoms with Gasteiger partial charge in [-0.05, 0) is 42.3 Å². The molecule has 0 fully saturated rings. The van der Waals surface area contributed by atoms with Crippen molar-refractivity contribution in [3.05, 3.63) is 53.0 Å². The number of aryl methyl sites for hydroxylation is 1. The van der Waals surface area contributed by atoms with Crippen LogP contribution < -0.4 is 10.0 Å². The number of hydrogen-bond acceptors (Lipinski definition) is 5. The molecule has 8 heteroatoms. The fraction of sp³-hybridized carbons (Fsp3) is 0.222. The number of nitrogens with one attached hydrogen (secondary N) is 2. The first-order chi connectivity index (χ1) is 12.5. The minimum Gasteiger partial charge on any atom is -0.326 e. The molecule has 6 nitrogen and oxygen atoms in total. The Labute approximate surface area is 155 Å². The van der Waals surface area contributed by atoms with Crippen molar-refractivity contribution < 1.29 is 13.2 Å². The topological polar surface area (TPSA) is 88.2 Å². The summed E-state index contributed by atoms with van der Waals surface area (Å²) in [5.41, 5.74) is 2.47. The van der Waals surface area contributed by atoms with Gasteiger partial charge >= 0.3 is 0 Å². The molecule has 0 unspecified atom stereocenters. The van der Waals surface area contributed by atoms with Crippen LogP contribution in [0.25, 0.3) is 10.2 Å². The number of nitrogens with zero attached hydrogens (tertiary/aromatic N) is 1. The summed E-state index contributed by atoms with van der Waals surface area (Å²) in [4.78, 5) is 16.1. The Morgan fingerprint density at radius 1 is 1.15 bits per heavy atom. The second kappa shape index (κ2) is 6.79. The van der Waals surface area contributed by atoms with E-state index in [2.05, 4.69) is 15.0 Å². The Hall–Kier alpha value is -2.29. The lowest BCUT2D eigenvalue weighted by molar-refractivity contribution is -0.116. The number of para-hydroxylation sites is 1. The molecule has 1 aromatic heterocycles. The smallest absolute Gasteiger partial charge is 0.240 e. The standard InChI is InChI=1S/C18H17N3O3S2/c22-17-8-5-12-11-13(6-7-14(12)20-17)26(23,24)19-10-9-18-21-15-3-1-2-4-16(15)25-18/h1-4,6-7,11,19H,5,8-10H2,(H,20,22). The highest BCUT2D eigenvalue weighted by molar-refractivity contribution is 7.89. The highest BCUT2D eigenvalue weighted by atomic mass is 32.2. The van der Waals surface area contributed by atoms with Crippen molar-refractivity contribution >= 4 is 43.2 Å². The third kappa shape index (κ3) is 3.48. The van der Waals surface area contributed by atoms with Gasteiger partial charge in [0.25, 0.3) is 0 Å². The molecule has 0 saturated heterocycles. The molecule has 26 heavy (non-hydrogen) atoms. The van der Waals surface area contributed by atoms with Gasteiger partial charge in [0.15, 0.2) is 0 Å². The molecule has 1 aliphatic heterocycles. The number of benzene rings is 2. The highest BCUT2D eigenvalue weighted by Crippen LogP contribution is 2.25. The van der Waals surface area contributed by atoms with E-state index in [0.29, 0.717) is 24.9 Å². The van der Waals surface area contributed by atoms with Gasteiger partial charge in [-0.1, -0.05) is 12.1 Å². The van der Waals surface area contributed by atoms with Crippen LogP contribution in [0.5, 0.6) is 0 Å². The molecule has 2 heterocycles. The molecule has 0 bridgehead atoms. The van der Waals surface area contributed by atoms with Gasteiger partial charge in [-0.15, -0.1) is 11.3 Å². The van der Waals surface area contributed by atoms with Crippen LogP contribution in [0.3, 0.4) is 0 Å². The van der Waals surface area contributed by atoms with Crippen LogP contribution in [0.15, 0.2) is 47.4 Å². The van der Waals surface area contributed by atoms with Gasteiger partial charge in [0.2, 0.25) is 15.9 Å². The summed E-state index contributed by atoms with van der Waals surface area (Å²) in [5, 5.41) is 3.66. The van der Waals surface area contributed by atoms with Crippen LogP contribution in [-0.4, -0.2) is 25.9 Å². The van der Waals surface area contributed by atoms with E-state index < -0.39 is 10.0 Å². The third-order valence-electron chi connectivity index (χ3n) is 4.25. The fourth-order valence-electron chi connectivity index (χ4n) is 2.93. The molecule has 0 aliphatic carbocycles. The molecular formula is C18H17N3O3S2. The first-order valence-electron chi connectivity index (χ1n) is 8.28. The predicted octanol–water partition coefficient (Wildman–Crippen LogP) is 2.70. The minimum atomic E-state index is -3.59. The Morgan fingerprint density at radius 3 is 2.85 bits per heavy atom. The average Bonchev–Trinajstić information content (AvgIpc) is 3.03. The van der Waals surface area contributed by atoms with Gasteiger partial charge in [0.1, 0.15) is 0 Å². The van der Waals surface area contributed by atoms with Gasteiger partial charge in [0, 0.05) is 25.1 Å². The number of fused-ring (bicyclic) bond motifs is 2. The molecular weight excluding hydrogens is 370 g/mol. The van der Waals surface area contributed by atoms with Gasteiger partial charge in [-0.2, -0.15) is 0 Å². The van der Waals surface area contributed by atoms with E-state index in [0.717, 1.165) is 20.8 Å². The molecule has 1 aliphatic rings. The normalized spacial score (nSPS) is 14.2. The summed E-state index contributed by atoms with van der Waals surface area (Å²) in [5.74, 6) is -0.0398. The molecule has 3 aromatic rings. The van der Waals surface area contributed by atoms with Crippen molar-refractivity contribution in [2.24, 2.45) is 0 Å². The quantitative estimate of drug-likeness (QED) is 0.705. The van der Waals surface area contributed by atoms with E-state index in [1.807, 2.05) is 24.3 Å². The van der Waals surface area contributed by atoms with E-state index in [1.165, 1.54) is 6.07 Å². The lowest BCUT2D eigenvalue weighted by Crippen LogP contribution is -2.26. The van der Waals surface area contributed by atoms with Crippen molar-refractivity contribution in [3.8, 4) is 0 Å². The number of rotatable bonds is 5. The number of carbonyl (C=O) groups is 1. The Balaban J connectivity index is 1.44. The van der Waals surface area contributed by atoms with Gasteiger partial charge in [-0.3, -0.25) is 4.79 Å². The number of anilines is 1. The number of thiazole rings is 1.